The van der Waals surface area contributed by atoms with Gasteiger partial charge in [0.15, 0.2) is 0 Å². The molecule has 2 aromatic rings. The first-order valence-corrected chi connectivity index (χ1v) is 9.14. The summed E-state index contributed by atoms with van der Waals surface area (Å²) in [4.78, 5) is 26.0. The maximum absolute atomic E-state index is 11.0. The van der Waals surface area contributed by atoms with Gasteiger partial charge in [-0.25, -0.2) is 4.98 Å². The quantitative estimate of drug-likeness (QED) is 0.759. The molecule has 1 aliphatic rings. The number of rotatable bonds is 7. The number of nitrogens with two attached hydrogens (primary N) is 1. The monoisotopic (exact) mass is 371 g/mol. The van der Waals surface area contributed by atoms with Gasteiger partial charge >= 0.3 is 5.97 Å². The van der Waals surface area contributed by atoms with Crippen LogP contribution in [0.3, 0.4) is 0 Å². The molecule has 3 rings (SSSR count). The van der Waals surface area contributed by atoms with Gasteiger partial charge < -0.3 is 20.5 Å². The molecule has 0 amide bonds. The largest absolute Gasteiger partial charge is 0.481 e. The van der Waals surface area contributed by atoms with Crippen LogP contribution in [0.2, 0.25) is 0 Å². The van der Waals surface area contributed by atoms with E-state index in [2.05, 4.69) is 19.9 Å². The van der Waals surface area contributed by atoms with E-state index < -0.39 is 5.97 Å². The number of nitrogen functional groups attached to an aromatic ring is 1. The van der Waals surface area contributed by atoms with E-state index in [9.17, 15) is 4.79 Å². The van der Waals surface area contributed by atoms with Gasteiger partial charge in [0.1, 0.15) is 5.82 Å². The highest BCUT2D eigenvalue weighted by atomic mass is 16.5. The van der Waals surface area contributed by atoms with Crippen molar-refractivity contribution in [1.29, 1.82) is 0 Å². The molecule has 1 aliphatic heterocycles. The first-order valence-electron chi connectivity index (χ1n) is 9.14. The minimum Gasteiger partial charge on any atom is -0.481 e. The van der Waals surface area contributed by atoms with Gasteiger partial charge in [0, 0.05) is 37.0 Å². The van der Waals surface area contributed by atoms with Crippen LogP contribution >= 0.6 is 0 Å². The summed E-state index contributed by atoms with van der Waals surface area (Å²) in [5.41, 5.74) is 8.36. The summed E-state index contributed by atoms with van der Waals surface area (Å²) in [6.07, 6.45) is 4.12. The summed E-state index contributed by atoms with van der Waals surface area (Å²) in [5.74, 6) is 0.137. The molecule has 1 fully saturated rings. The minimum atomic E-state index is -0.834. The van der Waals surface area contributed by atoms with Crippen LogP contribution in [0.25, 0.3) is 0 Å². The van der Waals surface area contributed by atoms with Gasteiger partial charge in [0.2, 0.25) is 5.95 Å². The van der Waals surface area contributed by atoms with Crippen LogP contribution < -0.4 is 10.6 Å². The summed E-state index contributed by atoms with van der Waals surface area (Å²) in [6, 6.07) is 5.80. The van der Waals surface area contributed by atoms with Gasteiger partial charge in [-0.1, -0.05) is 6.07 Å². The highest BCUT2D eigenvalue weighted by Crippen LogP contribution is 2.27. The Balaban J connectivity index is 1.62. The van der Waals surface area contributed by atoms with Crippen molar-refractivity contribution in [1.82, 2.24) is 15.0 Å². The average Bonchev–Trinajstić information content (AvgIpc) is 2.66. The van der Waals surface area contributed by atoms with Gasteiger partial charge in [-0.05, 0) is 38.3 Å². The van der Waals surface area contributed by atoms with Crippen LogP contribution in [-0.4, -0.2) is 45.2 Å². The van der Waals surface area contributed by atoms with Gasteiger partial charge in [-0.3, -0.25) is 9.78 Å². The van der Waals surface area contributed by atoms with Crippen LogP contribution in [-0.2, 0) is 22.6 Å². The molecule has 0 aliphatic carbocycles. The second-order valence-corrected chi connectivity index (χ2v) is 6.68. The highest BCUT2D eigenvalue weighted by Gasteiger charge is 2.24. The number of aryl methyl sites for hydroxylation is 1. The lowest BCUT2D eigenvalue weighted by Crippen LogP contribution is -2.38. The number of aliphatic carboxylic acids is 1. The maximum Gasteiger partial charge on any atom is 0.303 e. The van der Waals surface area contributed by atoms with Crippen LogP contribution in [0, 0.1) is 6.92 Å². The molecule has 8 heteroatoms. The molecular weight excluding hydrogens is 346 g/mol. The zero-order chi connectivity index (χ0) is 19.2. The SMILES string of the molecule is Cc1nc(N)nc(N2CCC(OCc3ccccn3)CC2)c1CCC(=O)O. The van der Waals surface area contributed by atoms with E-state index >= 15 is 0 Å². The smallest absolute Gasteiger partial charge is 0.303 e. The molecule has 0 atom stereocenters. The van der Waals surface area contributed by atoms with Crippen molar-refractivity contribution < 1.29 is 14.6 Å². The molecule has 3 N–H and O–H groups in total. The second-order valence-electron chi connectivity index (χ2n) is 6.68. The molecule has 0 saturated carbocycles. The Bertz CT molecular complexity index is 776. The first-order chi connectivity index (χ1) is 13.0. The lowest BCUT2D eigenvalue weighted by Gasteiger charge is -2.34. The normalized spacial score (nSPS) is 15.1. The zero-order valence-electron chi connectivity index (χ0n) is 15.5. The topological polar surface area (TPSA) is 114 Å². The third-order valence-corrected chi connectivity index (χ3v) is 4.73. The number of anilines is 2. The third-order valence-electron chi connectivity index (χ3n) is 4.73. The highest BCUT2D eigenvalue weighted by molar-refractivity contribution is 5.68. The van der Waals surface area contributed by atoms with E-state index in [1.165, 1.54) is 0 Å². The van der Waals surface area contributed by atoms with Crippen molar-refractivity contribution in [2.24, 2.45) is 0 Å². The fourth-order valence-electron chi connectivity index (χ4n) is 3.31. The Hall–Kier alpha value is -2.74. The van der Waals surface area contributed by atoms with E-state index in [-0.39, 0.29) is 18.5 Å². The summed E-state index contributed by atoms with van der Waals surface area (Å²) in [6.45, 7) is 3.92. The predicted molar refractivity (Wildman–Crippen MR) is 101 cm³/mol. The number of carboxylic acids is 1. The molecule has 1 saturated heterocycles. The fourth-order valence-corrected chi connectivity index (χ4v) is 3.31. The molecule has 3 heterocycles. The number of hydrogen-bond donors (Lipinski definition) is 2. The number of carbonyl (C=O) groups is 1. The lowest BCUT2D eigenvalue weighted by atomic mass is 10.0. The molecule has 8 nitrogen and oxygen atoms in total. The Morgan fingerprint density at radius 2 is 2.11 bits per heavy atom. The average molecular weight is 371 g/mol. The number of pyridine rings is 1. The Kier molecular flexibility index (Phi) is 6.18. The van der Waals surface area contributed by atoms with Gasteiger partial charge in [-0.2, -0.15) is 4.98 Å². The maximum atomic E-state index is 11.0. The van der Waals surface area contributed by atoms with Crippen molar-refractivity contribution in [3.8, 4) is 0 Å². The Labute approximate surface area is 158 Å². The van der Waals surface area contributed by atoms with Crippen molar-refractivity contribution in [3.63, 3.8) is 0 Å². The Morgan fingerprint density at radius 3 is 2.78 bits per heavy atom. The number of aromatic nitrogens is 3. The number of hydrogen-bond acceptors (Lipinski definition) is 7. The number of ether oxygens (including phenoxy) is 1. The van der Waals surface area contributed by atoms with Gasteiger partial charge in [0.05, 0.1) is 18.4 Å². The summed E-state index contributed by atoms with van der Waals surface area (Å²) >= 11 is 0. The van der Waals surface area contributed by atoms with Crippen molar-refractivity contribution >= 4 is 17.7 Å². The lowest BCUT2D eigenvalue weighted by molar-refractivity contribution is -0.136. The van der Waals surface area contributed by atoms with E-state index in [0.717, 1.165) is 48.7 Å². The molecule has 0 unspecified atom stereocenters. The summed E-state index contributed by atoms with van der Waals surface area (Å²) < 4.78 is 5.99. The molecule has 0 aromatic carbocycles. The fraction of sp³-hybridized carbons (Fsp3) is 0.474. The molecule has 0 spiro atoms. The molecule has 0 radical (unpaired) electrons. The van der Waals surface area contributed by atoms with Gasteiger partial charge in [0.25, 0.3) is 0 Å². The molecule has 0 bridgehead atoms. The van der Waals surface area contributed by atoms with Crippen LogP contribution in [0.1, 0.15) is 36.2 Å². The number of piperidine rings is 1. The van der Waals surface area contributed by atoms with Crippen LogP contribution in [0.5, 0.6) is 0 Å². The zero-order valence-corrected chi connectivity index (χ0v) is 15.5. The third kappa shape index (κ3) is 5.13. The molecule has 2 aromatic heterocycles. The second kappa shape index (κ2) is 8.77. The molecular formula is C19H25N5O3. The van der Waals surface area contributed by atoms with Crippen LogP contribution in [0.4, 0.5) is 11.8 Å². The summed E-state index contributed by atoms with van der Waals surface area (Å²) in [7, 11) is 0. The van der Waals surface area contributed by atoms with E-state index in [0.29, 0.717) is 13.0 Å². The minimum absolute atomic E-state index is 0.0464. The number of nitrogens with zero attached hydrogens (tertiary/aromatic N) is 4. The molecule has 144 valence electrons. The van der Waals surface area contributed by atoms with Crippen molar-refractivity contribution in [2.45, 2.75) is 45.3 Å². The predicted octanol–water partition coefficient (Wildman–Crippen LogP) is 1.97. The first kappa shape index (κ1) is 19.0. The van der Waals surface area contributed by atoms with Gasteiger partial charge in [-0.15, -0.1) is 0 Å². The number of carboxylic acid groups (broad SMARTS) is 1. The van der Waals surface area contributed by atoms with Crippen molar-refractivity contribution in [2.75, 3.05) is 23.7 Å². The standard InChI is InChI=1S/C19H25N5O3/c1-13-16(5-6-17(25)26)18(23-19(20)22-13)24-10-7-15(8-11-24)27-12-14-4-2-3-9-21-14/h2-4,9,15H,5-8,10-12H2,1H3,(H,25,26)(H2,20,22,23). The summed E-state index contributed by atoms with van der Waals surface area (Å²) in [5, 5.41) is 9.01. The van der Waals surface area contributed by atoms with E-state index in [1.807, 2.05) is 25.1 Å². The molecule has 27 heavy (non-hydrogen) atoms. The van der Waals surface area contributed by atoms with Crippen LogP contribution in [0.15, 0.2) is 24.4 Å². The van der Waals surface area contributed by atoms with E-state index in [4.69, 9.17) is 15.6 Å². The van der Waals surface area contributed by atoms with E-state index in [1.54, 1.807) is 6.20 Å². The van der Waals surface area contributed by atoms with Crippen molar-refractivity contribution in [3.05, 3.63) is 41.3 Å². The Morgan fingerprint density at radius 1 is 1.33 bits per heavy atom.